The Labute approximate surface area is 108 Å². The number of nitrogens with zero attached hydrogens (tertiary/aromatic N) is 1. The number of anilines is 1. The molecule has 1 aromatic heterocycles. The van der Waals surface area contributed by atoms with Gasteiger partial charge in [0, 0.05) is 12.7 Å². The number of benzene rings is 1. The highest BCUT2D eigenvalue weighted by molar-refractivity contribution is 5.34. The van der Waals surface area contributed by atoms with Crippen molar-refractivity contribution in [3.05, 3.63) is 60.3 Å². The minimum absolute atomic E-state index is 0.457. The maximum atomic E-state index is 4.31. The maximum absolute atomic E-state index is 4.31. The summed E-state index contributed by atoms with van der Waals surface area (Å²) in [4.78, 5) is 4.31. The van der Waals surface area contributed by atoms with E-state index in [0.29, 0.717) is 5.41 Å². The van der Waals surface area contributed by atoms with Gasteiger partial charge in [0.2, 0.25) is 0 Å². The van der Waals surface area contributed by atoms with Gasteiger partial charge in [0.05, 0.1) is 0 Å². The quantitative estimate of drug-likeness (QED) is 0.862. The Kier molecular flexibility index (Phi) is 3.01. The third-order valence-electron chi connectivity index (χ3n) is 3.69. The Morgan fingerprint density at radius 2 is 1.78 bits per heavy atom. The van der Waals surface area contributed by atoms with Crippen molar-refractivity contribution in [3.63, 3.8) is 0 Å². The van der Waals surface area contributed by atoms with Crippen LogP contribution < -0.4 is 5.32 Å². The van der Waals surface area contributed by atoms with E-state index >= 15 is 0 Å². The van der Waals surface area contributed by atoms with Crippen LogP contribution in [0.1, 0.15) is 18.4 Å². The Balaban J connectivity index is 1.59. The lowest BCUT2D eigenvalue weighted by molar-refractivity contribution is 0.538. The first-order valence-electron chi connectivity index (χ1n) is 6.55. The van der Waals surface area contributed by atoms with Gasteiger partial charge in [-0.15, -0.1) is 0 Å². The molecule has 0 aliphatic heterocycles. The van der Waals surface area contributed by atoms with Gasteiger partial charge in [-0.25, -0.2) is 4.98 Å². The molecule has 18 heavy (non-hydrogen) atoms. The van der Waals surface area contributed by atoms with Crippen LogP contribution in [0, 0.1) is 5.41 Å². The molecule has 1 aliphatic carbocycles. The van der Waals surface area contributed by atoms with E-state index in [1.807, 2.05) is 24.4 Å². The molecular weight excluding hydrogens is 220 g/mol. The van der Waals surface area contributed by atoms with Gasteiger partial charge in [-0.1, -0.05) is 36.4 Å². The van der Waals surface area contributed by atoms with Crippen LogP contribution in [0.2, 0.25) is 0 Å². The second-order valence-corrected chi connectivity index (χ2v) is 5.23. The standard InChI is InChI=1S/C16H18N2/c1-2-6-14(7-3-1)12-16(9-10-16)13-18-15-8-4-5-11-17-15/h1-8,11H,9-10,12-13H2,(H,17,18). The highest BCUT2D eigenvalue weighted by atomic mass is 15.0. The fourth-order valence-corrected chi connectivity index (χ4v) is 2.37. The van der Waals surface area contributed by atoms with E-state index < -0.39 is 0 Å². The Bertz CT molecular complexity index is 489. The molecule has 0 atom stereocenters. The number of aromatic nitrogens is 1. The summed E-state index contributed by atoms with van der Waals surface area (Å²) in [5.74, 6) is 0.983. The molecule has 0 spiro atoms. The van der Waals surface area contributed by atoms with E-state index in [1.165, 1.54) is 24.8 Å². The van der Waals surface area contributed by atoms with Crippen LogP contribution >= 0.6 is 0 Å². The summed E-state index contributed by atoms with van der Waals surface area (Å²) in [7, 11) is 0. The Morgan fingerprint density at radius 3 is 2.44 bits per heavy atom. The average molecular weight is 238 g/mol. The van der Waals surface area contributed by atoms with Crippen LogP contribution in [0.4, 0.5) is 5.82 Å². The molecule has 1 heterocycles. The minimum atomic E-state index is 0.457. The number of pyridine rings is 1. The summed E-state index contributed by atoms with van der Waals surface area (Å²) in [6.45, 7) is 1.03. The predicted molar refractivity (Wildman–Crippen MR) is 74.5 cm³/mol. The molecule has 0 amide bonds. The summed E-state index contributed by atoms with van der Waals surface area (Å²) in [6, 6.07) is 16.8. The Hall–Kier alpha value is -1.83. The second kappa shape index (κ2) is 4.81. The van der Waals surface area contributed by atoms with Crippen molar-refractivity contribution < 1.29 is 0 Å². The van der Waals surface area contributed by atoms with Gasteiger partial charge in [0.15, 0.2) is 0 Å². The largest absolute Gasteiger partial charge is 0.370 e. The molecule has 0 radical (unpaired) electrons. The molecule has 1 fully saturated rings. The third kappa shape index (κ3) is 2.70. The SMILES string of the molecule is c1ccc(CC2(CNc3ccccn3)CC2)cc1. The molecule has 2 nitrogen and oxygen atoms in total. The van der Waals surface area contributed by atoms with Crippen molar-refractivity contribution in [2.24, 2.45) is 5.41 Å². The lowest BCUT2D eigenvalue weighted by atomic mass is 9.96. The van der Waals surface area contributed by atoms with Crippen molar-refractivity contribution in [3.8, 4) is 0 Å². The fourth-order valence-electron chi connectivity index (χ4n) is 2.37. The second-order valence-electron chi connectivity index (χ2n) is 5.23. The van der Waals surface area contributed by atoms with Gasteiger partial charge < -0.3 is 5.32 Å². The topological polar surface area (TPSA) is 24.9 Å². The van der Waals surface area contributed by atoms with Crippen LogP contribution in [0.5, 0.6) is 0 Å². The van der Waals surface area contributed by atoms with Gasteiger partial charge in [0.1, 0.15) is 5.82 Å². The highest BCUT2D eigenvalue weighted by Crippen LogP contribution is 2.48. The first-order chi connectivity index (χ1) is 8.86. The van der Waals surface area contributed by atoms with Gasteiger partial charge in [0.25, 0.3) is 0 Å². The molecule has 0 saturated heterocycles. The predicted octanol–water partition coefficient (Wildman–Crippen LogP) is 3.52. The molecule has 1 aliphatic rings. The van der Waals surface area contributed by atoms with Crippen LogP contribution in [-0.4, -0.2) is 11.5 Å². The van der Waals surface area contributed by atoms with Crippen LogP contribution in [-0.2, 0) is 6.42 Å². The summed E-state index contributed by atoms with van der Waals surface area (Å²) in [5.41, 5.74) is 1.90. The van der Waals surface area contributed by atoms with E-state index in [0.717, 1.165) is 12.4 Å². The molecule has 1 saturated carbocycles. The number of hydrogen-bond donors (Lipinski definition) is 1. The summed E-state index contributed by atoms with van der Waals surface area (Å²) < 4.78 is 0. The lowest BCUT2D eigenvalue weighted by Gasteiger charge is -2.16. The molecule has 0 unspecified atom stereocenters. The summed E-state index contributed by atoms with van der Waals surface area (Å²) in [6.07, 6.45) is 5.65. The van der Waals surface area contributed by atoms with Crippen molar-refractivity contribution in [2.75, 3.05) is 11.9 Å². The molecule has 3 rings (SSSR count). The number of hydrogen-bond acceptors (Lipinski definition) is 2. The average Bonchev–Trinajstić information content (AvgIpc) is 3.19. The first kappa shape index (κ1) is 11.3. The Morgan fingerprint density at radius 1 is 1.00 bits per heavy atom. The van der Waals surface area contributed by atoms with Crippen LogP contribution in [0.25, 0.3) is 0 Å². The molecule has 2 heteroatoms. The smallest absolute Gasteiger partial charge is 0.125 e. The minimum Gasteiger partial charge on any atom is -0.370 e. The van der Waals surface area contributed by atoms with Gasteiger partial charge in [-0.05, 0) is 42.4 Å². The van der Waals surface area contributed by atoms with E-state index in [2.05, 4.69) is 40.6 Å². The molecule has 0 bridgehead atoms. The molecule has 92 valence electrons. The van der Waals surface area contributed by atoms with E-state index in [4.69, 9.17) is 0 Å². The van der Waals surface area contributed by atoms with Crippen LogP contribution in [0.3, 0.4) is 0 Å². The monoisotopic (exact) mass is 238 g/mol. The molecule has 1 N–H and O–H groups in total. The van der Waals surface area contributed by atoms with E-state index in [-0.39, 0.29) is 0 Å². The molecule has 2 aromatic rings. The van der Waals surface area contributed by atoms with Gasteiger partial charge in [-0.3, -0.25) is 0 Å². The maximum Gasteiger partial charge on any atom is 0.125 e. The van der Waals surface area contributed by atoms with Crippen molar-refractivity contribution in [1.82, 2.24) is 4.98 Å². The zero-order valence-electron chi connectivity index (χ0n) is 10.5. The number of rotatable bonds is 5. The normalized spacial score (nSPS) is 16.2. The zero-order valence-corrected chi connectivity index (χ0v) is 10.5. The van der Waals surface area contributed by atoms with Crippen molar-refractivity contribution >= 4 is 5.82 Å². The van der Waals surface area contributed by atoms with Crippen molar-refractivity contribution in [2.45, 2.75) is 19.3 Å². The van der Waals surface area contributed by atoms with Gasteiger partial charge >= 0.3 is 0 Å². The third-order valence-corrected chi connectivity index (χ3v) is 3.69. The number of nitrogens with one attached hydrogen (secondary N) is 1. The molecule has 1 aromatic carbocycles. The summed E-state index contributed by atoms with van der Waals surface area (Å²) >= 11 is 0. The summed E-state index contributed by atoms with van der Waals surface area (Å²) in [5, 5.41) is 3.46. The zero-order chi connectivity index (χ0) is 12.3. The first-order valence-corrected chi connectivity index (χ1v) is 6.55. The van der Waals surface area contributed by atoms with Crippen molar-refractivity contribution in [1.29, 1.82) is 0 Å². The van der Waals surface area contributed by atoms with Crippen LogP contribution in [0.15, 0.2) is 54.7 Å². The van der Waals surface area contributed by atoms with Gasteiger partial charge in [-0.2, -0.15) is 0 Å². The fraction of sp³-hybridized carbons (Fsp3) is 0.312. The van der Waals surface area contributed by atoms with E-state index in [9.17, 15) is 0 Å². The highest BCUT2D eigenvalue weighted by Gasteiger charge is 2.42. The van der Waals surface area contributed by atoms with E-state index in [1.54, 1.807) is 0 Å². The lowest BCUT2D eigenvalue weighted by Crippen LogP contribution is -2.18. The molecular formula is C16H18N2.